The van der Waals surface area contributed by atoms with Crippen LogP contribution in [0, 0.1) is 0 Å². The SMILES string of the molecule is CCc1ncncc1C(=O)NC1CCN(C)C(=O)C1. The van der Waals surface area contributed by atoms with E-state index in [9.17, 15) is 9.59 Å². The van der Waals surface area contributed by atoms with Gasteiger partial charge in [-0.3, -0.25) is 9.59 Å². The molecule has 2 heterocycles. The van der Waals surface area contributed by atoms with Crippen molar-refractivity contribution in [1.82, 2.24) is 20.2 Å². The highest BCUT2D eigenvalue weighted by Crippen LogP contribution is 2.12. The van der Waals surface area contributed by atoms with Crippen LogP contribution in [0.3, 0.4) is 0 Å². The van der Waals surface area contributed by atoms with Crippen LogP contribution in [-0.2, 0) is 11.2 Å². The molecule has 1 aromatic heterocycles. The number of hydrogen-bond acceptors (Lipinski definition) is 4. The first-order valence-electron chi connectivity index (χ1n) is 6.45. The number of hydrogen-bond donors (Lipinski definition) is 1. The van der Waals surface area contributed by atoms with Gasteiger partial charge < -0.3 is 10.2 Å². The van der Waals surface area contributed by atoms with Crippen molar-refractivity contribution in [3.63, 3.8) is 0 Å². The van der Waals surface area contributed by atoms with Gasteiger partial charge in [0, 0.05) is 32.3 Å². The molecule has 1 unspecified atom stereocenters. The summed E-state index contributed by atoms with van der Waals surface area (Å²) in [4.78, 5) is 33.4. The van der Waals surface area contributed by atoms with Crippen molar-refractivity contribution < 1.29 is 9.59 Å². The largest absolute Gasteiger partial charge is 0.349 e. The van der Waals surface area contributed by atoms with E-state index in [1.54, 1.807) is 11.9 Å². The number of amides is 2. The van der Waals surface area contributed by atoms with Crippen LogP contribution >= 0.6 is 0 Å². The fourth-order valence-corrected chi connectivity index (χ4v) is 2.16. The van der Waals surface area contributed by atoms with Crippen molar-refractivity contribution in [2.24, 2.45) is 0 Å². The standard InChI is InChI=1S/C13H18N4O2/c1-3-11-10(7-14-8-15-11)13(19)16-9-4-5-17(2)12(18)6-9/h7-9H,3-6H2,1-2H3,(H,16,19). The van der Waals surface area contributed by atoms with Crippen LogP contribution in [0.1, 0.15) is 35.8 Å². The Morgan fingerprint density at radius 2 is 2.37 bits per heavy atom. The summed E-state index contributed by atoms with van der Waals surface area (Å²) in [6.45, 7) is 2.62. The van der Waals surface area contributed by atoms with E-state index in [0.29, 0.717) is 24.9 Å². The van der Waals surface area contributed by atoms with E-state index in [2.05, 4.69) is 15.3 Å². The number of carbonyl (C=O) groups excluding carboxylic acids is 2. The van der Waals surface area contributed by atoms with E-state index in [-0.39, 0.29) is 17.9 Å². The predicted molar refractivity (Wildman–Crippen MR) is 69.5 cm³/mol. The smallest absolute Gasteiger partial charge is 0.254 e. The van der Waals surface area contributed by atoms with Gasteiger partial charge in [-0.25, -0.2) is 9.97 Å². The van der Waals surface area contributed by atoms with Gasteiger partial charge in [-0.2, -0.15) is 0 Å². The molecule has 0 radical (unpaired) electrons. The molecule has 1 aliphatic rings. The molecule has 0 saturated carbocycles. The van der Waals surface area contributed by atoms with E-state index < -0.39 is 0 Å². The molecule has 1 aromatic rings. The molecule has 6 heteroatoms. The maximum absolute atomic E-state index is 12.2. The zero-order valence-electron chi connectivity index (χ0n) is 11.2. The zero-order valence-corrected chi connectivity index (χ0v) is 11.2. The van der Waals surface area contributed by atoms with Gasteiger partial charge in [-0.05, 0) is 12.8 Å². The maximum atomic E-state index is 12.2. The van der Waals surface area contributed by atoms with Crippen molar-refractivity contribution in [3.05, 3.63) is 23.8 Å². The topological polar surface area (TPSA) is 75.2 Å². The van der Waals surface area contributed by atoms with Crippen molar-refractivity contribution in [2.75, 3.05) is 13.6 Å². The Bertz CT molecular complexity index is 489. The lowest BCUT2D eigenvalue weighted by Crippen LogP contribution is -2.46. The molecule has 0 aromatic carbocycles. The molecule has 1 fully saturated rings. The summed E-state index contributed by atoms with van der Waals surface area (Å²) in [7, 11) is 1.78. The first-order chi connectivity index (χ1) is 9.11. The molecule has 1 aliphatic heterocycles. The van der Waals surface area contributed by atoms with Crippen molar-refractivity contribution >= 4 is 11.8 Å². The second-order valence-electron chi connectivity index (χ2n) is 4.72. The van der Waals surface area contributed by atoms with Gasteiger partial charge >= 0.3 is 0 Å². The quantitative estimate of drug-likeness (QED) is 0.855. The monoisotopic (exact) mass is 262 g/mol. The Kier molecular flexibility index (Phi) is 4.09. The minimum Gasteiger partial charge on any atom is -0.349 e. The van der Waals surface area contributed by atoms with Crippen molar-refractivity contribution in [2.45, 2.75) is 32.2 Å². The van der Waals surface area contributed by atoms with E-state index in [0.717, 1.165) is 12.1 Å². The van der Waals surface area contributed by atoms with Gasteiger partial charge in [0.1, 0.15) is 6.33 Å². The maximum Gasteiger partial charge on any atom is 0.254 e. The lowest BCUT2D eigenvalue weighted by molar-refractivity contribution is -0.132. The van der Waals surface area contributed by atoms with Gasteiger partial charge in [0.05, 0.1) is 11.3 Å². The highest BCUT2D eigenvalue weighted by molar-refractivity contribution is 5.95. The number of aryl methyl sites for hydroxylation is 1. The third-order valence-electron chi connectivity index (χ3n) is 3.37. The number of carbonyl (C=O) groups is 2. The van der Waals surface area contributed by atoms with Gasteiger partial charge in [0.2, 0.25) is 5.91 Å². The predicted octanol–water partition coefficient (Wildman–Crippen LogP) is 0.390. The van der Waals surface area contributed by atoms with Crippen LogP contribution in [0.4, 0.5) is 0 Å². The Morgan fingerprint density at radius 3 is 3.05 bits per heavy atom. The number of nitrogens with zero attached hydrogens (tertiary/aromatic N) is 3. The van der Waals surface area contributed by atoms with Crippen LogP contribution in [-0.4, -0.2) is 46.3 Å². The van der Waals surface area contributed by atoms with Gasteiger partial charge in [0.25, 0.3) is 5.91 Å². The van der Waals surface area contributed by atoms with E-state index in [1.807, 2.05) is 6.92 Å². The average Bonchev–Trinajstić information content (AvgIpc) is 2.43. The van der Waals surface area contributed by atoms with Crippen LogP contribution in [0.25, 0.3) is 0 Å². The lowest BCUT2D eigenvalue weighted by atomic mass is 10.0. The lowest BCUT2D eigenvalue weighted by Gasteiger charge is -2.29. The normalized spacial score (nSPS) is 19.4. The molecule has 0 bridgehead atoms. The molecule has 6 nitrogen and oxygen atoms in total. The number of piperidine rings is 1. The molecule has 102 valence electrons. The highest BCUT2D eigenvalue weighted by Gasteiger charge is 2.25. The molecule has 0 aliphatic carbocycles. The molecule has 2 rings (SSSR count). The highest BCUT2D eigenvalue weighted by atomic mass is 16.2. The summed E-state index contributed by atoms with van der Waals surface area (Å²) in [5, 5.41) is 2.89. The fourth-order valence-electron chi connectivity index (χ4n) is 2.16. The summed E-state index contributed by atoms with van der Waals surface area (Å²) in [5.74, 6) is -0.128. The molecule has 19 heavy (non-hydrogen) atoms. The number of likely N-dealkylation sites (tertiary alicyclic amines) is 1. The van der Waals surface area contributed by atoms with Gasteiger partial charge in [-0.1, -0.05) is 6.92 Å². The molecule has 1 atom stereocenters. The molecule has 1 N–H and O–H groups in total. The minimum absolute atomic E-state index is 0.0663. The second-order valence-corrected chi connectivity index (χ2v) is 4.72. The van der Waals surface area contributed by atoms with Gasteiger partial charge in [-0.15, -0.1) is 0 Å². The van der Waals surface area contributed by atoms with E-state index in [4.69, 9.17) is 0 Å². The summed E-state index contributed by atoms with van der Waals surface area (Å²) in [6.07, 6.45) is 4.78. The number of rotatable bonds is 3. The summed E-state index contributed by atoms with van der Waals surface area (Å²) in [5.41, 5.74) is 1.23. The summed E-state index contributed by atoms with van der Waals surface area (Å²) in [6, 6.07) is -0.0962. The van der Waals surface area contributed by atoms with Crippen LogP contribution in [0.2, 0.25) is 0 Å². The zero-order chi connectivity index (χ0) is 13.8. The Morgan fingerprint density at radius 1 is 1.58 bits per heavy atom. The van der Waals surface area contributed by atoms with Crippen molar-refractivity contribution in [1.29, 1.82) is 0 Å². The van der Waals surface area contributed by atoms with Crippen LogP contribution < -0.4 is 5.32 Å². The number of nitrogens with one attached hydrogen (secondary N) is 1. The van der Waals surface area contributed by atoms with E-state index >= 15 is 0 Å². The Balaban J connectivity index is 2.03. The van der Waals surface area contributed by atoms with Gasteiger partial charge in [0.15, 0.2) is 0 Å². The summed E-state index contributed by atoms with van der Waals surface area (Å²) < 4.78 is 0. The summed E-state index contributed by atoms with van der Waals surface area (Å²) >= 11 is 0. The molecular weight excluding hydrogens is 244 g/mol. The second kappa shape index (κ2) is 5.77. The van der Waals surface area contributed by atoms with Crippen LogP contribution in [0.5, 0.6) is 0 Å². The fraction of sp³-hybridized carbons (Fsp3) is 0.538. The molecule has 2 amide bonds. The van der Waals surface area contributed by atoms with Crippen molar-refractivity contribution in [3.8, 4) is 0 Å². The first-order valence-corrected chi connectivity index (χ1v) is 6.45. The first kappa shape index (κ1) is 13.5. The van der Waals surface area contributed by atoms with Crippen LogP contribution in [0.15, 0.2) is 12.5 Å². The van der Waals surface area contributed by atoms with E-state index in [1.165, 1.54) is 12.5 Å². The minimum atomic E-state index is -0.195. The third-order valence-corrected chi connectivity index (χ3v) is 3.37. The molecule has 0 spiro atoms. The molecular formula is C13H18N4O2. The third kappa shape index (κ3) is 3.07. The Hall–Kier alpha value is -1.98. The number of aromatic nitrogens is 2. The average molecular weight is 262 g/mol. The Labute approximate surface area is 112 Å². The molecule has 1 saturated heterocycles.